The van der Waals surface area contributed by atoms with Crippen LogP contribution >= 0.6 is 0 Å². The first-order valence-corrected chi connectivity index (χ1v) is 9.71. The van der Waals surface area contributed by atoms with Gasteiger partial charge < -0.3 is 14.1 Å². The third-order valence-electron chi connectivity index (χ3n) is 5.09. The summed E-state index contributed by atoms with van der Waals surface area (Å²) in [6.45, 7) is 1.31. The Bertz CT molecular complexity index is 935. The predicted octanol–water partition coefficient (Wildman–Crippen LogP) is 3.74. The van der Waals surface area contributed by atoms with Gasteiger partial charge in [-0.2, -0.15) is 0 Å². The molecule has 6 nitrogen and oxygen atoms in total. The summed E-state index contributed by atoms with van der Waals surface area (Å²) < 4.78 is 24.2. The van der Waals surface area contributed by atoms with Crippen molar-refractivity contribution in [1.29, 1.82) is 0 Å². The zero-order valence-electron chi connectivity index (χ0n) is 16.0. The molecule has 0 unspecified atom stereocenters. The highest BCUT2D eigenvalue weighted by Crippen LogP contribution is 2.24. The summed E-state index contributed by atoms with van der Waals surface area (Å²) in [5.41, 5.74) is 0.910. The number of carbonyl (C=O) groups excluding carboxylic acids is 1. The number of carbonyl (C=O) groups is 1. The fourth-order valence-corrected chi connectivity index (χ4v) is 3.43. The first-order valence-electron chi connectivity index (χ1n) is 9.71. The standard InChI is InChI=1S/C22H22FN3O3/c23-18-6-8-19(9-7-18)28-15-21(27)26-12-10-16(11-13-26)14-20-24-25-22(29-20)17-4-2-1-3-5-17/h1-9,16H,10-15H2. The van der Waals surface area contributed by atoms with E-state index in [2.05, 4.69) is 10.2 Å². The molecule has 1 aromatic heterocycles. The quantitative estimate of drug-likeness (QED) is 0.636. The lowest BCUT2D eigenvalue weighted by molar-refractivity contribution is -0.134. The van der Waals surface area contributed by atoms with Gasteiger partial charge in [0.25, 0.3) is 5.91 Å². The van der Waals surface area contributed by atoms with Crippen molar-refractivity contribution in [2.24, 2.45) is 5.92 Å². The molecule has 4 rings (SSSR count). The van der Waals surface area contributed by atoms with Crippen molar-refractivity contribution < 1.29 is 18.3 Å². The van der Waals surface area contributed by atoms with Crippen LogP contribution in [0.1, 0.15) is 18.7 Å². The molecule has 0 aliphatic carbocycles. The molecule has 1 amide bonds. The van der Waals surface area contributed by atoms with Crippen LogP contribution in [0.15, 0.2) is 59.0 Å². The van der Waals surface area contributed by atoms with Crippen LogP contribution in [0.5, 0.6) is 5.75 Å². The number of ether oxygens (including phenoxy) is 1. The van der Waals surface area contributed by atoms with Crippen molar-refractivity contribution in [2.45, 2.75) is 19.3 Å². The van der Waals surface area contributed by atoms with Gasteiger partial charge in [0, 0.05) is 25.1 Å². The minimum absolute atomic E-state index is 0.0413. The number of benzene rings is 2. The summed E-state index contributed by atoms with van der Waals surface area (Å²) in [4.78, 5) is 14.2. The highest BCUT2D eigenvalue weighted by Gasteiger charge is 2.24. The fourth-order valence-electron chi connectivity index (χ4n) is 3.43. The molecule has 2 heterocycles. The average molecular weight is 395 g/mol. The number of hydrogen-bond acceptors (Lipinski definition) is 5. The molecule has 1 saturated heterocycles. The maximum absolute atomic E-state index is 12.9. The third-order valence-corrected chi connectivity index (χ3v) is 5.09. The Balaban J connectivity index is 1.23. The summed E-state index contributed by atoms with van der Waals surface area (Å²) in [5, 5.41) is 8.30. The van der Waals surface area contributed by atoms with E-state index in [1.54, 1.807) is 0 Å². The molecule has 0 N–H and O–H groups in total. The van der Waals surface area contributed by atoms with Gasteiger partial charge in [0.15, 0.2) is 6.61 Å². The Morgan fingerprint density at radius 2 is 1.79 bits per heavy atom. The average Bonchev–Trinajstić information content (AvgIpc) is 3.23. The molecule has 3 aromatic rings. The van der Waals surface area contributed by atoms with E-state index in [0.29, 0.717) is 43.0 Å². The molecular formula is C22H22FN3O3. The molecule has 1 aliphatic heterocycles. The van der Waals surface area contributed by atoms with Gasteiger partial charge in [-0.05, 0) is 55.2 Å². The lowest BCUT2D eigenvalue weighted by atomic mass is 9.93. The van der Waals surface area contributed by atoms with Gasteiger partial charge in [-0.3, -0.25) is 4.79 Å². The molecule has 0 radical (unpaired) electrons. The number of hydrogen-bond donors (Lipinski definition) is 0. The van der Waals surface area contributed by atoms with Crippen LogP contribution in [0, 0.1) is 11.7 Å². The topological polar surface area (TPSA) is 68.5 Å². The minimum atomic E-state index is -0.331. The molecule has 0 saturated carbocycles. The number of likely N-dealkylation sites (tertiary alicyclic amines) is 1. The number of piperidine rings is 1. The normalized spacial score (nSPS) is 14.7. The Labute approximate surface area is 168 Å². The smallest absolute Gasteiger partial charge is 0.260 e. The van der Waals surface area contributed by atoms with Gasteiger partial charge in [-0.25, -0.2) is 4.39 Å². The Kier molecular flexibility index (Phi) is 5.84. The van der Waals surface area contributed by atoms with Crippen LogP contribution in [0.25, 0.3) is 11.5 Å². The highest BCUT2D eigenvalue weighted by atomic mass is 19.1. The largest absolute Gasteiger partial charge is 0.484 e. The molecular weight excluding hydrogens is 373 g/mol. The van der Waals surface area contributed by atoms with Crippen LogP contribution in [0.2, 0.25) is 0 Å². The van der Waals surface area contributed by atoms with E-state index in [1.165, 1.54) is 24.3 Å². The number of halogens is 1. The molecule has 2 aromatic carbocycles. The van der Waals surface area contributed by atoms with Crippen molar-refractivity contribution in [3.63, 3.8) is 0 Å². The summed E-state index contributed by atoms with van der Waals surface area (Å²) >= 11 is 0. The maximum Gasteiger partial charge on any atom is 0.260 e. The number of rotatable bonds is 6. The first kappa shape index (κ1) is 19.1. The third kappa shape index (κ3) is 4.99. The lowest BCUT2D eigenvalue weighted by Gasteiger charge is -2.31. The summed E-state index contributed by atoms with van der Waals surface area (Å²) in [6.07, 6.45) is 2.48. The van der Waals surface area contributed by atoms with Gasteiger partial charge in [-0.15, -0.1) is 10.2 Å². The zero-order chi connectivity index (χ0) is 20.1. The van der Waals surface area contributed by atoms with Crippen LogP contribution in [-0.4, -0.2) is 40.7 Å². The minimum Gasteiger partial charge on any atom is -0.484 e. The summed E-state index contributed by atoms with van der Waals surface area (Å²) in [6, 6.07) is 15.4. The van der Waals surface area contributed by atoms with Crippen molar-refractivity contribution in [3.05, 3.63) is 66.3 Å². The van der Waals surface area contributed by atoms with Gasteiger partial charge in [0.05, 0.1) is 0 Å². The van der Waals surface area contributed by atoms with E-state index in [9.17, 15) is 9.18 Å². The van der Waals surface area contributed by atoms with E-state index >= 15 is 0 Å². The molecule has 0 bridgehead atoms. The monoisotopic (exact) mass is 395 g/mol. The Hall–Kier alpha value is -3.22. The summed E-state index contributed by atoms with van der Waals surface area (Å²) in [7, 11) is 0. The summed E-state index contributed by atoms with van der Waals surface area (Å²) in [5.74, 6) is 1.67. The molecule has 150 valence electrons. The van der Waals surface area contributed by atoms with Gasteiger partial charge >= 0.3 is 0 Å². The molecule has 7 heteroatoms. The van der Waals surface area contributed by atoms with Gasteiger partial charge in [0.2, 0.25) is 11.8 Å². The van der Waals surface area contributed by atoms with Crippen LogP contribution in [0.4, 0.5) is 4.39 Å². The van der Waals surface area contributed by atoms with Gasteiger partial charge in [-0.1, -0.05) is 18.2 Å². The number of nitrogens with zero attached hydrogens (tertiary/aromatic N) is 3. The van der Waals surface area contributed by atoms with Crippen molar-refractivity contribution in [3.8, 4) is 17.2 Å². The lowest BCUT2D eigenvalue weighted by Crippen LogP contribution is -2.41. The molecule has 0 spiro atoms. The molecule has 1 aliphatic rings. The first-order chi connectivity index (χ1) is 14.2. The number of amides is 1. The highest BCUT2D eigenvalue weighted by molar-refractivity contribution is 5.77. The second-order valence-corrected chi connectivity index (χ2v) is 7.14. The Morgan fingerprint density at radius 3 is 2.52 bits per heavy atom. The zero-order valence-corrected chi connectivity index (χ0v) is 16.0. The van der Waals surface area contributed by atoms with E-state index in [4.69, 9.17) is 9.15 Å². The van der Waals surface area contributed by atoms with E-state index in [1.807, 2.05) is 35.2 Å². The Morgan fingerprint density at radius 1 is 1.07 bits per heavy atom. The predicted molar refractivity (Wildman–Crippen MR) is 105 cm³/mol. The SMILES string of the molecule is O=C(COc1ccc(F)cc1)N1CCC(Cc2nnc(-c3ccccc3)o2)CC1. The molecule has 1 fully saturated rings. The van der Waals surface area contributed by atoms with Crippen molar-refractivity contribution >= 4 is 5.91 Å². The van der Waals surface area contributed by atoms with Crippen LogP contribution in [-0.2, 0) is 11.2 Å². The van der Waals surface area contributed by atoms with Crippen molar-refractivity contribution in [1.82, 2.24) is 15.1 Å². The molecule has 29 heavy (non-hydrogen) atoms. The van der Waals surface area contributed by atoms with Crippen molar-refractivity contribution in [2.75, 3.05) is 19.7 Å². The van der Waals surface area contributed by atoms with E-state index < -0.39 is 0 Å². The maximum atomic E-state index is 12.9. The van der Waals surface area contributed by atoms with E-state index in [0.717, 1.165) is 18.4 Å². The second kappa shape index (κ2) is 8.86. The van der Waals surface area contributed by atoms with Crippen LogP contribution in [0.3, 0.4) is 0 Å². The van der Waals surface area contributed by atoms with Crippen LogP contribution < -0.4 is 4.74 Å². The van der Waals surface area contributed by atoms with Gasteiger partial charge in [0.1, 0.15) is 11.6 Å². The number of aromatic nitrogens is 2. The second-order valence-electron chi connectivity index (χ2n) is 7.14. The van der Waals surface area contributed by atoms with E-state index in [-0.39, 0.29) is 18.3 Å². The fraction of sp³-hybridized carbons (Fsp3) is 0.318. The molecule has 0 atom stereocenters.